The van der Waals surface area contributed by atoms with Crippen molar-refractivity contribution < 1.29 is 9.53 Å². The second-order valence-corrected chi connectivity index (χ2v) is 8.31. The van der Waals surface area contributed by atoms with Gasteiger partial charge in [0.25, 0.3) is 0 Å². The number of nitrogens with zero attached hydrogens (tertiary/aromatic N) is 5. The highest BCUT2D eigenvalue weighted by Gasteiger charge is 2.31. The zero-order valence-corrected chi connectivity index (χ0v) is 16.4. The predicted molar refractivity (Wildman–Crippen MR) is 101 cm³/mol. The molecule has 3 rings (SSSR count). The molecule has 2 aliphatic heterocycles. The van der Waals surface area contributed by atoms with E-state index in [-0.39, 0.29) is 11.3 Å². The highest BCUT2D eigenvalue weighted by Crippen LogP contribution is 2.24. The van der Waals surface area contributed by atoms with E-state index in [9.17, 15) is 4.79 Å². The summed E-state index contributed by atoms with van der Waals surface area (Å²) in [5, 5.41) is 8.77. The van der Waals surface area contributed by atoms with Crippen LogP contribution in [0, 0.1) is 0 Å². The van der Waals surface area contributed by atoms with Gasteiger partial charge >= 0.3 is 0 Å². The molecular formula is C19H31N5O2. The Morgan fingerprint density at radius 2 is 2.00 bits per heavy atom. The number of carbonyl (C=O) groups is 1. The molecule has 0 saturated carbocycles. The van der Waals surface area contributed by atoms with Crippen LogP contribution in [0.15, 0.2) is 12.1 Å². The summed E-state index contributed by atoms with van der Waals surface area (Å²) < 4.78 is 5.38. The van der Waals surface area contributed by atoms with Crippen molar-refractivity contribution in [3.8, 4) is 0 Å². The summed E-state index contributed by atoms with van der Waals surface area (Å²) in [6.45, 7) is 11.9. The van der Waals surface area contributed by atoms with Crippen LogP contribution in [0.2, 0.25) is 0 Å². The number of ether oxygens (including phenoxy) is 1. The topological polar surface area (TPSA) is 61.8 Å². The van der Waals surface area contributed by atoms with Gasteiger partial charge in [-0.1, -0.05) is 20.8 Å². The third-order valence-electron chi connectivity index (χ3n) is 5.27. The maximum atomic E-state index is 12.0. The predicted octanol–water partition coefficient (Wildman–Crippen LogP) is 1.14. The Kier molecular flexibility index (Phi) is 5.77. The molecule has 0 radical (unpaired) electrons. The van der Waals surface area contributed by atoms with Crippen molar-refractivity contribution in [3.05, 3.63) is 17.8 Å². The summed E-state index contributed by atoms with van der Waals surface area (Å²) >= 11 is 0. The van der Waals surface area contributed by atoms with Gasteiger partial charge in [-0.3, -0.25) is 9.69 Å². The molecule has 7 heteroatoms. The summed E-state index contributed by atoms with van der Waals surface area (Å²) in [5.41, 5.74) is 1.04. The van der Waals surface area contributed by atoms with E-state index in [0.717, 1.165) is 37.7 Å². The lowest BCUT2D eigenvalue weighted by molar-refractivity contribution is -0.130. The van der Waals surface area contributed by atoms with Crippen LogP contribution in [-0.2, 0) is 14.9 Å². The van der Waals surface area contributed by atoms with E-state index in [4.69, 9.17) is 4.74 Å². The van der Waals surface area contributed by atoms with Gasteiger partial charge in [0.05, 0.1) is 25.3 Å². The zero-order valence-electron chi connectivity index (χ0n) is 16.4. The number of likely N-dealkylation sites (N-methyl/N-ethyl adjacent to an activating group) is 1. The van der Waals surface area contributed by atoms with E-state index in [2.05, 4.69) is 59.9 Å². The van der Waals surface area contributed by atoms with Crippen molar-refractivity contribution >= 4 is 11.7 Å². The fourth-order valence-electron chi connectivity index (χ4n) is 3.23. The Balaban J connectivity index is 1.44. The van der Waals surface area contributed by atoms with Gasteiger partial charge in [0.2, 0.25) is 5.91 Å². The molecule has 0 unspecified atom stereocenters. The maximum Gasteiger partial charge on any atom is 0.225 e. The average molecular weight is 361 g/mol. The lowest BCUT2D eigenvalue weighted by Crippen LogP contribution is -2.59. The number of aromatic nitrogens is 2. The fraction of sp³-hybridized carbons (Fsp3) is 0.737. The molecule has 0 bridgehead atoms. The van der Waals surface area contributed by atoms with Crippen LogP contribution in [0.25, 0.3) is 0 Å². The van der Waals surface area contributed by atoms with Crippen LogP contribution in [0.5, 0.6) is 0 Å². The van der Waals surface area contributed by atoms with Crippen LogP contribution in [0.1, 0.15) is 32.9 Å². The molecule has 2 fully saturated rings. The monoisotopic (exact) mass is 361 g/mol. The van der Waals surface area contributed by atoms with Crippen molar-refractivity contribution in [1.82, 2.24) is 20.0 Å². The van der Waals surface area contributed by atoms with E-state index in [1.165, 1.54) is 0 Å². The van der Waals surface area contributed by atoms with E-state index in [1.54, 1.807) is 0 Å². The van der Waals surface area contributed by atoms with Gasteiger partial charge in [-0.25, -0.2) is 0 Å². The van der Waals surface area contributed by atoms with Crippen LogP contribution in [-0.4, -0.2) is 84.9 Å². The number of amides is 1. The summed E-state index contributed by atoms with van der Waals surface area (Å²) in [5.74, 6) is 1.16. The summed E-state index contributed by atoms with van der Waals surface area (Å²) in [7, 11) is 2.13. The molecule has 2 aliphatic rings. The van der Waals surface area contributed by atoms with Gasteiger partial charge in [0.1, 0.15) is 0 Å². The lowest BCUT2D eigenvalue weighted by Gasteiger charge is -2.45. The van der Waals surface area contributed by atoms with Gasteiger partial charge < -0.3 is 14.5 Å². The Labute approximate surface area is 156 Å². The van der Waals surface area contributed by atoms with Crippen LogP contribution in [0.3, 0.4) is 0 Å². The third kappa shape index (κ3) is 4.51. The minimum atomic E-state index is 0.0268. The molecule has 0 atom stereocenters. The molecule has 0 spiro atoms. The first-order chi connectivity index (χ1) is 12.3. The standard InChI is InChI=1S/C19H31N5O2/c1-19(2,3)16-5-6-17(21-20-16)24-13-15(14-24)22(4)8-9-23-10-12-26-11-7-18(23)25/h5-6,15H,7-14H2,1-4H3. The molecule has 7 nitrogen and oxygen atoms in total. The smallest absolute Gasteiger partial charge is 0.225 e. The van der Waals surface area contributed by atoms with Crippen molar-refractivity contribution in [1.29, 1.82) is 0 Å². The van der Waals surface area contributed by atoms with Crippen molar-refractivity contribution in [2.24, 2.45) is 0 Å². The van der Waals surface area contributed by atoms with E-state index < -0.39 is 0 Å². The highest BCUT2D eigenvalue weighted by atomic mass is 16.5. The molecule has 144 valence electrons. The van der Waals surface area contributed by atoms with Crippen LogP contribution in [0.4, 0.5) is 5.82 Å². The second-order valence-electron chi connectivity index (χ2n) is 8.31. The molecule has 26 heavy (non-hydrogen) atoms. The first-order valence-corrected chi connectivity index (χ1v) is 9.49. The fourth-order valence-corrected chi connectivity index (χ4v) is 3.23. The van der Waals surface area contributed by atoms with E-state index >= 15 is 0 Å². The van der Waals surface area contributed by atoms with Gasteiger partial charge in [-0.15, -0.1) is 5.10 Å². The molecule has 0 N–H and O–H groups in total. The average Bonchev–Trinajstić information content (AvgIpc) is 2.75. The van der Waals surface area contributed by atoms with Crippen LogP contribution >= 0.6 is 0 Å². The highest BCUT2D eigenvalue weighted by molar-refractivity contribution is 5.76. The number of hydrogen-bond donors (Lipinski definition) is 0. The first kappa shape index (κ1) is 19.0. The molecule has 0 aliphatic carbocycles. The summed E-state index contributed by atoms with van der Waals surface area (Å²) in [6, 6.07) is 4.64. The Bertz CT molecular complexity index is 607. The summed E-state index contributed by atoms with van der Waals surface area (Å²) in [6.07, 6.45) is 0.504. The molecule has 1 amide bonds. The third-order valence-corrected chi connectivity index (χ3v) is 5.27. The van der Waals surface area contributed by atoms with Crippen LogP contribution < -0.4 is 4.90 Å². The van der Waals surface area contributed by atoms with Crippen molar-refractivity contribution in [2.45, 2.75) is 38.6 Å². The molecular weight excluding hydrogens is 330 g/mol. The number of hydrogen-bond acceptors (Lipinski definition) is 6. The molecule has 1 aromatic rings. The second kappa shape index (κ2) is 7.88. The molecule has 1 aromatic heterocycles. The number of carbonyl (C=O) groups excluding carboxylic acids is 1. The largest absolute Gasteiger partial charge is 0.379 e. The zero-order chi connectivity index (χ0) is 18.7. The Hall–Kier alpha value is -1.73. The quantitative estimate of drug-likeness (QED) is 0.784. The number of anilines is 1. The van der Waals surface area contributed by atoms with E-state index in [0.29, 0.717) is 32.2 Å². The molecule has 3 heterocycles. The molecule has 0 aromatic carbocycles. The Morgan fingerprint density at radius 1 is 1.23 bits per heavy atom. The SMILES string of the molecule is CN(CCN1CCOCCC1=O)C1CN(c2ccc(C(C)(C)C)nn2)C1. The van der Waals surface area contributed by atoms with Gasteiger partial charge in [-0.2, -0.15) is 5.10 Å². The van der Waals surface area contributed by atoms with Gasteiger partial charge in [0, 0.05) is 44.2 Å². The Morgan fingerprint density at radius 3 is 2.65 bits per heavy atom. The molecule has 2 saturated heterocycles. The van der Waals surface area contributed by atoms with Crippen molar-refractivity contribution in [3.63, 3.8) is 0 Å². The number of rotatable bonds is 5. The normalized spacial score (nSPS) is 19.7. The van der Waals surface area contributed by atoms with Gasteiger partial charge in [-0.05, 0) is 19.2 Å². The minimum absolute atomic E-state index is 0.0268. The minimum Gasteiger partial charge on any atom is -0.379 e. The van der Waals surface area contributed by atoms with E-state index in [1.807, 2.05) is 4.90 Å². The van der Waals surface area contributed by atoms with Crippen molar-refractivity contribution in [2.75, 3.05) is 57.9 Å². The first-order valence-electron chi connectivity index (χ1n) is 9.49. The lowest BCUT2D eigenvalue weighted by atomic mass is 9.92. The summed E-state index contributed by atoms with van der Waals surface area (Å²) in [4.78, 5) is 18.5. The maximum absolute atomic E-state index is 12.0. The van der Waals surface area contributed by atoms with Gasteiger partial charge in [0.15, 0.2) is 5.82 Å².